The van der Waals surface area contributed by atoms with Crippen molar-refractivity contribution in [3.63, 3.8) is 0 Å². The van der Waals surface area contributed by atoms with Crippen LogP contribution in [-0.4, -0.2) is 32.8 Å². The highest BCUT2D eigenvalue weighted by Crippen LogP contribution is 1.88. The van der Waals surface area contributed by atoms with Crippen LogP contribution in [0.3, 0.4) is 0 Å². The first-order valence-electron chi connectivity index (χ1n) is 4.14. The first kappa shape index (κ1) is 10.9. The zero-order valence-corrected chi connectivity index (χ0v) is 7.76. The molecule has 2 atom stereocenters. The standard InChI is InChI=1S/C8H20N2O/c1-7(4-9)5-10-6-8(2)11-3/h7-8,10H,4-6,9H2,1-3H3. The number of hydrogen-bond acceptors (Lipinski definition) is 3. The molecule has 3 N–H and O–H groups in total. The van der Waals surface area contributed by atoms with E-state index in [9.17, 15) is 0 Å². The summed E-state index contributed by atoms with van der Waals surface area (Å²) >= 11 is 0. The molecule has 0 aromatic rings. The van der Waals surface area contributed by atoms with E-state index in [2.05, 4.69) is 12.2 Å². The molecule has 2 unspecified atom stereocenters. The van der Waals surface area contributed by atoms with Crippen LogP contribution < -0.4 is 11.1 Å². The molecule has 68 valence electrons. The lowest BCUT2D eigenvalue weighted by Crippen LogP contribution is -2.32. The Labute approximate surface area is 69.3 Å². The second kappa shape index (κ2) is 6.58. The summed E-state index contributed by atoms with van der Waals surface area (Å²) in [6.07, 6.45) is 0.292. The van der Waals surface area contributed by atoms with Gasteiger partial charge in [-0.25, -0.2) is 0 Å². The monoisotopic (exact) mass is 160 g/mol. The number of hydrogen-bond donors (Lipinski definition) is 2. The molecule has 0 aliphatic rings. The van der Waals surface area contributed by atoms with Crippen LogP contribution in [0.4, 0.5) is 0 Å². The molecule has 0 rings (SSSR count). The Bertz CT molecular complexity index is 78.2. The Morgan fingerprint density at radius 1 is 1.36 bits per heavy atom. The molecule has 3 nitrogen and oxygen atoms in total. The quantitative estimate of drug-likeness (QED) is 0.584. The minimum absolute atomic E-state index is 0.292. The zero-order chi connectivity index (χ0) is 8.69. The fraction of sp³-hybridized carbons (Fsp3) is 1.00. The van der Waals surface area contributed by atoms with Gasteiger partial charge in [0, 0.05) is 13.7 Å². The molecule has 0 aromatic carbocycles. The van der Waals surface area contributed by atoms with Crippen LogP contribution in [0.1, 0.15) is 13.8 Å². The van der Waals surface area contributed by atoms with Gasteiger partial charge in [-0.1, -0.05) is 6.92 Å². The third-order valence-corrected chi connectivity index (χ3v) is 1.73. The lowest BCUT2D eigenvalue weighted by Gasteiger charge is -2.13. The summed E-state index contributed by atoms with van der Waals surface area (Å²) in [6, 6.07) is 0. The summed E-state index contributed by atoms with van der Waals surface area (Å²) in [5.41, 5.74) is 5.45. The van der Waals surface area contributed by atoms with E-state index in [1.54, 1.807) is 7.11 Å². The second-order valence-electron chi connectivity index (χ2n) is 3.05. The molecule has 0 saturated heterocycles. The topological polar surface area (TPSA) is 47.3 Å². The summed E-state index contributed by atoms with van der Waals surface area (Å²) in [5.74, 6) is 0.555. The minimum Gasteiger partial charge on any atom is -0.380 e. The molecule has 3 heteroatoms. The van der Waals surface area contributed by atoms with Crippen molar-refractivity contribution in [2.24, 2.45) is 11.7 Å². The highest BCUT2D eigenvalue weighted by molar-refractivity contribution is 4.59. The van der Waals surface area contributed by atoms with Gasteiger partial charge in [-0.3, -0.25) is 0 Å². The maximum Gasteiger partial charge on any atom is 0.0667 e. The molecule has 0 fully saturated rings. The zero-order valence-electron chi connectivity index (χ0n) is 7.76. The lowest BCUT2D eigenvalue weighted by atomic mass is 10.2. The first-order valence-corrected chi connectivity index (χ1v) is 4.14. The van der Waals surface area contributed by atoms with E-state index in [1.807, 2.05) is 6.92 Å². The molecule has 0 heterocycles. The van der Waals surface area contributed by atoms with E-state index in [0.29, 0.717) is 12.0 Å². The molecular weight excluding hydrogens is 140 g/mol. The highest BCUT2D eigenvalue weighted by Gasteiger charge is 2.00. The van der Waals surface area contributed by atoms with E-state index >= 15 is 0 Å². The van der Waals surface area contributed by atoms with E-state index in [1.165, 1.54) is 0 Å². The van der Waals surface area contributed by atoms with Crippen LogP contribution in [0.5, 0.6) is 0 Å². The molecule has 0 radical (unpaired) electrons. The van der Waals surface area contributed by atoms with Gasteiger partial charge in [0.25, 0.3) is 0 Å². The predicted molar refractivity (Wildman–Crippen MR) is 47.6 cm³/mol. The number of methoxy groups -OCH3 is 1. The molecule has 0 spiro atoms. The summed E-state index contributed by atoms with van der Waals surface area (Å²) in [6.45, 7) is 6.80. The van der Waals surface area contributed by atoms with E-state index < -0.39 is 0 Å². The maximum atomic E-state index is 5.45. The van der Waals surface area contributed by atoms with Crippen LogP contribution >= 0.6 is 0 Å². The van der Waals surface area contributed by atoms with Gasteiger partial charge in [-0.05, 0) is 25.9 Å². The van der Waals surface area contributed by atoms with Crippen LogP contribution in [0.25, 0.3) is 0 Å². The summed E-state index contributed by atoms with van der Waals surface area (Å²) in [4.78, 5) is 0. The van der Waals surface area contributed by atoms with Crippen molar-refractivity contribution in [2.45, 2.75) is 20.0 Å². The van der Waals surface area contributed by atoms with Gasteiger partial charge in [0.05, 0.1) is 6.10 Å². The summed E-state index contributed by atoms with van der Waals surface area (Å²) in [7, 11) is 1.72. The number of nitrogens with two attached hydrogens (primary N) is 1. The maximum absolute atomic E-state index is 5.45. The van der Waals surface area contributed by atoms with Crippen molar-refractivity contribution >= 4 is 0 Å². The van der Waals surface area contributed by atoms with Gasteiger partial charge < -0.3 is 15.8 Å². The SMILES string of the molecule is COC(C)CNCC(C)CN. The van der Waals surface area contributed by atoms with Gasteiger partial charge in [0.1, 0.15) is 0 Å². The molecule has 0 aliphatic heterocycles. The van der Waals surface area contributed by atoms with Crippen molar-refractivity contribution in [1.29, 1.82) is 0 Å². The van der Waals surface area contributed by atoms with Crippen molar-refractivity contribution in [2.75, 3.05) is 26.7 Å². The Kier molecular flexibility index (Phi) is 6.51. The van der Waals surface area contributed by atoms with Gasteiger partial charge in [-0.15, -0.1) is 0 Å². The molecule has 0 aliphatic carbocycles. The van der Waals surface area contributed by atoms with Crippen LogP contribution in [0, 0.1) is 5.92 Å². The smallest absolute Gasteiger partial charge is 0.0667 e. The Balaban J connectivity index is 3.13. The normalized spacial score (nSPS) is 16.4. The average molecular weight is 160 g/mol. The van der Waals surface area contributed by atoms with Gasteiger partial charge >= 0.3 is 0 Å². The molecule has 0 amide bonds. The molecule has 0 aromatic heterocycles. The minimum atomic E-state index is 0.292. The predicted octanol–water partition coefficient (Wildman–Crippen LogP) is 0.206. The van der Waals surface area contributed by atoms with Gasteiger partial charge in [0.15, 0.2) is 0 Å². The van der Waals surface area contributed by atoms with Gasteiger partial charge in [-0.2, -0.15) is 0 Å². The third-order valence-electron chi connectivity index (χ3n) is 1.73. The second-order valence-corrected chi connectivity index (χ2v) is 3.05. The molecule has 0 bridgehead atoms. The fourth-order valence-corrected chi connectivity index (χ4v) is 0.700. The lowest BCUT2D eigenvalue weighted by molar-refractivity contribution is 0.116. The summed E-state index contributed by atoms with van der Waals surface area (Å²) < 4.78 is 5.07. The Hall–Kier alpha value is -0.120. The largest absolute Gasteiger partial charge is 0.380 e. The number of rotatable bonds is 6. The van der Waals surface area contributed by atoms with Crippen LogP contribution in [0.2, 0.25) is 0 Å². The molecule has 11 heavy (non-hydrogen) atoms. The van der Waals surface area contributed by atoms with Crippen molar-refractivity contribution in [1.82, 2.24) is 5.32 Å². The average Bonchev–Trinajstić information content (AvgIpc) is 2.04. The van der Waals surface area contributed by atoms with Crippen molar-refractivity contribution in [3.8, 4) is 0 Å². The van der Waals surface area contributed by atoms with Crippen molar-refractivity contribution < 1.29 is 4.74 Å². The van der Waals surface area contributed by atoms with E-state index in [4.69, 9.17) is 10.5 Å². The molecule has 0 saturated carbocycles. The Morgan fingerprint density at radius 2 is 2.00 bits per heavy atom. The summed E-state index contributed by atoms with van der Waals surface area (Å²) in [5, 5.41) is 3.28. The van der Waals surface area contributed by atoms with Crippen LogP contribution in [-0.2, 0) is 4.74 Å². The number of ether oxygens (including phenoxy) is 1. The Morgan fingerprint density at radius 3 is 2.45 bits per heavy atom. The first-order chi connectivity index (χ1) is 5.20. The van der Waals surface area contributed by atoms with Gasteiger partial charge in [0.2, 0.25) is 0 Å². The van der Waals surface area contributed by atoms with E-state index in [0.717, 1.165) is 19.6 Å². The fourth-order valence-electron chi connectivity index (χ4n) is 0.700. The molecular formula is C8H20N2O. The number of nitrogens with one attached hydrogen (secondary N) is 1. The van der Waals surface area contributed by atoms with Crippen LogP contribution in [0.15, 0.2) is 0 Å². The van der Waals surface area contributed by atoms with E-state index in [-0.39, 0.29) is 0 Å². The highest BCUT2D eigenvalue weighted by atomic mass is 16.5. The van der Waals surface area contributed by atoms with Crippen molar-refractivity contribution in [3.05, 3.63) is 0 Å². The third kappa shape index (κ3) is 6.28.